The molecule has 5 heteroatoms. The minimum Gasteiger partial charge on any atom is -0.266 e. The van der Waals surface area contributed by atoms with Crippen molar-refractivity contribution in [2.75, 3.05) is 0 Å². The summed E-state index contributed by atoms with van der Waals surface area (Å²) in [4.78, 5) is 0. The summed E-state index contributed by atoms with van der Waals surface area (Å²) in [5.41, 5.74) is -0.0823. The van der Waals surface area contributed by atoms with Gasteiger partial charge in [0.1, 0.15) is 0 Å². The van der Waals surface area contributed by atoms with Crippen LogP contribution < -0.4 is 0 Å². The Bertz CT molecular complexity index is 336. The average Bonchev–Trinajstić information content (AvgIpc) is 2.82. The first kappa shape index (κ1) is 9.55. The van der Waals surface area contributed by atoms with Crippen LogP contribution in [0.15, 0.2) is 6.07 Å². The Morgan fingerprint density at radius 3 is 2.57 bits per heavy atom. The Morgan fingerprint density at radius 1 is 1.50 bits per heavy atom. The Hall–Kier alpha value is -1.00. The van der Waals surface area contributed by atoms with Crippen molar-refractivity contribution in [2.24, 2.45) is 0 Å². The van der Waals surface area contributed by atoms with Crippen LogP contribution in [0.25, 0.3) is 0 Å². The molecule has 78 valence electrons. The van der Waals surface area contributed by atoms with E-state index in [9.17, 15) is 13.2 Å². The van der Waals surface area contributed by atoms with E-state index in [2.05, 4.69) is 5.10 Å². The van der Waals surface area contributed by atoms with Crippen molar-refractivity contribution < 1.29 is 13.2 Å². The lowest BCUT2D eigenvalue weighted by molar-refractivity contribution is -0.141. The first-order chi connectivity index (χ1) is 6.52. The maximum Gasteiger partial charge on any atom is 0.435 e. The van der Waals surface area contributed by atoms with Crippen molar-refractivity contribution in [1.29, 1.82) is 0 Å². The van der Waals surface area contributed by atoms with Gasteiger partial charge >= 0.3 is 6.18 Å². The van der Waals surface area contributed by atoms with E-state index >= 15 is 0 Å². The predicted molar refractivity (Wildman–Crippen MR) is 44.9 cm³/mol. The van der Waals surface area contributed by atoms with Crippen LogP contribution in [0.4, 0.5) is 13.2 Å². The SMILES string of the molecule is CCc1cc(C(F)(F)F)nn1C1CC1. The first-order valence-corrected chi connectivity index (χ1v) is 4.68. The smallest absolute Gasteiger partial charge is 0.266 e. The molecule has 0 unspecified atom stereocenters. The largest absolute Gasteiger partial charge is 0.435 e. The van der Waals surface area contributed by atoms with Crippen LogP contribution in [-0.4, -0.2) is 9.78 Å². The molecule has 1 aromatic rings. The average molecular weight is 204 g/mol. The molecule has 1 aromatic heterocycles. The number of halogens is 3. The van der Waals surface area contributed by atoms with Crippen molar-refractivity contribution in [3.63, 3.8) is 0 Å². The molecule has 0 atom stereocenters. The zero-order chi connectivity index (χ0) is 10.3. The summed E-state index contributed by atoms with van der Waals surface area (Å²) < 4.78 is 38.5. The van der Waals surface area contributed by atoms with Gasteiger partial charge in [-0.1, -0.05) is 6.92 Å². The summed E-state index contributed by atoms with van der Waals surface area (Å²) >= 11 is 0. The van der Waals surface area contributed by atoms with Gasteiger partial charge in [0.05, 0.1) is 6.04 Å². The molecule has 1 aliphatic rings. The van der Waals surface area contributed by atoms with Crippen molar-refractivity contribution in [1.82, 2.24) is 9.78 Å². The van der Waals surface area contributed by atoms with Gasteiger partial charge < -0.3 is 0 Å². The van der Waals surface area contributed by atoms with Crippen LogP contribution in [-0.2, 0) is 12.6 Å². The van der Waals surface area contributed by atoms with Gasteiger partial charge in [-0.2, -0.15) is 18.3 Å². The minimum atomic E-state index is -4.32. The molecule has 1 aliphatic carbocycles. The number of hydrogen-bond donors (Lipinski definition) is 0. The lowest BCUT2D eigenvalue weighted by atomic mass is 10.3. The van der Waals surface area contributed by atoms with E-state index in [1.807, 2.05) is 6.92 Å². The molecule has 0 spiro atoms. The molecule has 0 aliphatic heterocycles. The van der Waals surface area contributed by atoms with Gasteiger partial charge in [-0.3, -0.25) is 4.68 Å². The van der Waals surface area contributed by atoms with E-state index in [1.165, 1.54) is 4.68 Å². The van der Waals surface area contributed by atoms with Crippen LogP contribution >= 0.6 is 0 Å². The molecule has 2 nitrogen and oxygen atoms in total. The van der Waals surface area contributed by atoms with Gasteiger partial charge in [-0.25, -0.2) is 0 Å². The molecule has 0 N–H and O–H groups in total. The summed E-state index contributed by atoms with van der Waals surface area (Å²) in [5, 5.41) is 3.61. The number of alkyl halides is 3. The number of hydrogen-bond acceptors (Lipinski definition) is 1. The number of rotatable bonds is 2. The molecule has 1 saturated carbocycles. The highest BCUT2D eigenvalue weighted by Gasteiger charge is 2.36. The predicted octanol–water partition coefficient (Wildman–Crippen LogP) is 2.80. The molecule has 0 amide bonds. The molecule has 2 rings (SSSR count). The highest BCUT2D eigenvalue weighted by Crippen LogP contribution is 2.37. The van der Waals surface area contributed by atoms with Crippen LogP contribution in [0.1, 0.15) is 37.2 Å². The van der Waals surface area contributed by atoms with Crippen molar-refractivity contribution in [2.45, 2.75) is 38.4 Å². The Balaban J connectivity index is 2.35. The molecule has 0 bridgehead atoms. The van der Waals surface area contributed by atoms with Gasteiger partial charge in [0.2, 0.25) is 0 Å². The van der Waals surface area contributed by atoms with Crippen LogP contribution in [0, 0.1) is 0 Å². The van der Waals surface area contributed by atoms with Crippen LogP contribution in [0.2, 0.25) is 0 Å². The van der Waals surface area contributed by atoms with E-state index in [0.29, 0.717) is 12.1 Å². The Labute approximate surface area is 79.7 Å². The quantitative estimate of drug-likeness (QED) is 0.724. The number of aromatic nitrogens is 2. The molecular weight excluding hydrogens is 193 g/mol. The van der Waals surface area contributed by atoms with E-state index in [-0.39, 0.29) is 6.04 Å². The van der Waals surface area contributed by atoms with Crippen LogP contribution in [0.3, 0.4) is 0 Å². The van der Waals surface area contributed by atoms with Gasteiger partial charge in [0.15, 0.2) is 5.69 Å². The fourth-order valence-electron chi connectivity index (χ4n) is 1.47. The van der Waals surface area contributed by atoms with Gasteiger partial charge in [0, 0.05) is 5.69 Å². The van der Waals surface area contributed by atoms with Gasteiger partial charge in [-0.05, 0) is 25.3 Å². The molecule has 0 radical (unpaired) electrons. The maximum absolute atomic E-state index is 12.3. The Morgan fingerprint density at radius 2 is 2.14 bits per heavy atom. The highest BCUT2D eigenvalue weighted by atomic mass is 19.4. The van der Waals surface area contributed by atoms with E-state index in [4.69, 9.17) is 0 Å². The van der Waals surface area contributed by atoms with Gasteiger partial charge in [0.25, 0.3) is 0 Å². The zero-order valence-electron chi connectivity index (χ0n) is 7.80. The summed E-state index contributed by atoms with van der Waals surface area (Å²) in [7, 11) is 0. The third-order valence-corrected chi connectivity index (χ3v) is 2.36. The Kier molecular flexibility index (Phi) is 2.05. The second-order valence-corrected chi connectivity index (χ2v) is 3.55. The van der Waals surface area contributed by atoms with Crippen molar-refractivity contribution in [3.05, 3.63) is 17.5 Å². The summed E-state index contributed by atoms with van der Waals surface area (Å²) in [6, 6.07) is 1.36. The second-order valence-electron chi connectivity index (χ2n) is 3.55. The lowest BCUT2D eigenvalue weighted by Crippen LogP contribution is -2.07. The van der Waals surface area contributed by atoms with E-state index < -0.39 is 11.9 Å². The number of aryl methyl sites for hydroxylation is 1. The second kappa shape index (κ2) is 3.00. The standard InChI is InChI=1S/C9H11F3N2/c1-2-6-5-8(9(10,11)12)13-14(6)7-3-4-7/h5,7H,2-4H2,1H3. The fraction of sp³-hybridized carbons (Fsp3) is 0.667. The molecule has 1 fully saturated rings. The van der Waals surface area contributed by atoms with E-state index in [0.717, 1.165) is 18.9 Å². The minimum absolute atomic E-state index is 0.209. The third kappa shape index (κ3) is 1.63. The summed E-state index contributed by atoms with van der Waals surface area (Å²) in [6.45, 7) is 1.84. The monoisotopic (exact) mass is 204 g/mol. The molecule has 0 aromatic carbocycles. The third-order valence-electron chi connectivity index (χ3n) is 2.36. The van der Waals surface area contributed by atoms with Gasteiger partial charge in [-0.15, -0.1) is 0 Å². The van der Waals surface area contributed by atoms with E-state index in [1.54, 1.807) is 0 Å². The first-order valence-electron chi connectivity index (χ1n) is 4.68. The number of nitrogens with zero attached hydrogens (tertiary/aromatic N) is 2. The normalized spacial score (nSPS) is 17.4. The highest BCUT2D eigenvalue weighted by molar-refractivity contribution is 5.15. The molecule has 14 heavy (non-hydrogen) atoms. The summed E-state index contributed by atoms with van der Waals surface area (Å²) in [6.07, 6.45) is -1.82. The maximum atomic E-state index is 12.3. The van der Waals surface area contributed by atoms with Crippen molar-refractivity contribution >= 4 is 0 Å². The molecule has 1 heterocycles. The molecular formula is C9H11F3N2. The zero-order valence-corrected chi connectivity index (χ0v) is 7.80. The van der Waals surface area contributed by atoms with Crippen LogP contribution in [0.5, 0.6) is 0 Å². The lowest BCUT2D eigenvalue weighted by Gasteiger charge is -2.02. The molecule has 0 saturated heterocycles. The fourth-order valence-corrected chi connectivity index (χ4v) is 1.47. The summed E-state index contributed by atoms with van der Waals surface area (Å²) in [5.74, 6) is 0. The van der Waals surface area contributed by atoms with Crippen molar-refractivity contribution in [3.8, 4) is 0 Å². The topological polar surface area (TPSA) is 17.8 Å².